The Balaban J connectivity index is 3.67. The number of carboxylic acids is 1. The molecule has 106 valence electrons. The van der Waals surface area contributed by atoms with Crippen LogP contribution >= 0.6 is 0 Å². The lowest BCUT2D eigenvalue weighted by molar-refractivity contribution is -0.376. The van der Waals surface area contributed by atoms with Crippen molar-refractivity contribution < 1.29 is 41.4 Å². The molecular formula is C10H6F6O3. The molecule has 2 N–H and O–H groups in total. The molecule has 0 atom stereocenters. The van der Waals surface area contributed by atoms with Crippen LogP contribution in [-0.4, -0.2) is 28.5 Å². The second-order valence-electron chi connectivity index (χ2n) is 3.56. The molecule has 1 aromatic rings. The molecule has 19 heavy (non-hydrogen) atoms. The first kappa shape index (κ1) is 15.3. The van der Waals surface area contributed by atoms with E-state index in [0.29, 0.717) is 6.07 Å². The number of rotatable bonds is 2. The summed E-state index contributed by atoms with van der Waals surface area (Å²) in [6, 6.07) is 2.52. The molecule has 1 rings (SSSR count). The number of benzene rings is 1. The van der Waals surface area contributed by atoms with Gasteiger partial charge in [-0.1, -0.05) is 18.2 Å². The van der Waals surface area contributed by atoms with Gasteiger partial charge < -0.3 is 10.2 Å². The van der Waals surface area contributed by atoms with E-state index in [1.54, 1.807) is 0 Å². The van der Waals surface area contributed by atoms with Crippen LogP contribution in [0.25, 0.3) is 0 Å². The number of hydrogen-bond donors (Lipinski definition) is 2. The normalized spacial score (nSPS) is 13.4. The molecule has 0 saturated heterocycles. The lowest BCUT2D eigenvalue weighted by Crippen LogP contribution is -2.54. The number of carbonyl (C=O) groups is 1. The molecule has 0 aliphatic carbocycles. The Morgan fingerprint density at radius 2 is 1.37 bits per heavy atom. The summed E-state index contributed by atoms with van der Waals surface area (Å²) < 4.78 is 75.4. The average molecular weight is 288 g/mol. The van der Waals surface area contributed by atoms with Crippen LogP contribution in [0.5, 0.6) is 0 Å². The Bertz CT molecular complexity index is 477. The van der Waals surface area contributed by atoms with Crippen molar-refractivity contribution in [2.45, 2.75) is 18.0 Å². The average Bonchev–Trinajstić information content (AvgIpc) is 2.24. The summed E-state index contributed by atoms with van der Waals surface area (Å²) in [6.45, 7) is 0. The molecule has 0 amide bonds. The van der Waals surface area contributed by atoms with Crippen molar-refractivity contribution in [3.63, 3.8) is 0 Å². The third-order valence-corrected chi connectivity index (χ3v) is 2.37. The van der Waals surface area contributed by atoms with Crippen LogP contribution in [0.3, 0.4) is 0 Å². The van der Waals surface area contributed by atoms with Gasteiger partial charge in [0.2, 0.25) is 0 Å². The Kier molecular flexibility index (Phi) is 3.55. The largest absolute Gasteiger partial charge is 0.478 e. The lowest BCUT2D eigenvalue weighted by Gasteiger charge is -2.33. The highest BCUT2D eigenvalue weighted by molar-refractivity contribution is 5.89. The van der Waals surface area contributed by atoms with Crippen LogP contribution in [0.15, 0.2) is 24.3 Å². The maximum absolute atomic E-state index is 12.6. The van der Waals surface area contributed by atoms with E-state index in [0.717, 1.165) is 12.1 Å². The summed E-state index contributed by atoms with van der Waals surface area (Å²) >= 11 is 0. The molecule has 0 aromatic heterocycles. The van der Waals surface area contributed by atoms with E-state index in [1.165, 1.54) is 0 Å². The minimum atomic E-state index is -6.11. The maximum atomic E-state index is 12.6. The molecule has 3 nitrogen and oxygen atoms in total. The van der Waals surface area contributed by atoms with Gasteiger partial charge in [-0.05, 0) is 6.07 Å². The van der Waals surface area contributed by atoms with E-state index < -0.39 is 35.0 Å². The molecule has 1 aromatic carbocycles. The smallest absolute Gasteiger partial charge is 0.430 e. The van der Waals surface area contributed by atoms with Crippen molar-refractivity contribution in [1.29, 1.82) is 0 Å². The van der Waals surface area contributed by atoms with Crippen molar-refractivity contribution in [3.05, 3.63) is 35.4 Å². The van der Waals surface area contributed by atoms with Gasteiger partial charge in [0.05, 0.1) is 5.56 Å². The molecule has 0 saturated carbocycles. The molecule has 9 heteroatoms. The van der Waals surface area contributed by atoms with Crippen LogP contribution in [0.1, 0.15) is 15.9 Å². The first-order chi connectivity index (χ1) is 8.43. The van der Waals surface area contributed by atoms with Crippen molar-refractivity contribution in [1.82, 2.24) is 0 Å². The predicted molar refractivity (Wildman–Crippen MR) is 49.4 cm³/mol. The van der Waals surface area contributed by atoms with Gasteiger partial charge in [-0.2, -0.15) is 26.3 Å². The third-order valence-electron chi connectivity index (χ3n) is 2.37. The Morgan fingerprint density at radius 1 is 0.947 bits per heavy atom. The number of aromatic carboxylic acids is 1. The zero-order valence-electron chi connectivity index (χ0n) is 8.88. The molecule has 0 spiro atoms. The van der Waals surface area contributed by atoms with Gasteiger partial charge in [0.1, 0.15) is 0 Å². The number of alkyl halides is 6. The first-order valence-corrected chi connectivity index (χ1v) is 4.61. The Hall–Kier alpha value is -1.77. The highest BCUT2D eigenvalue weighted by atomic mass is 19.4. The quantitative estimate of drug-likeness (QED) is 0.823. The van der Waals surface area contributed by atoms with E-state index in [-0.39, 0.29) is 6.07 Å². The van der Waals surface area contributed by atoms with Crippen molar-refractivity contribution in [3.8, 4) is 0 Å². The summed E-state index contributed by atoms with van der Waals surface area (Å²) in [5, 5.41) is 17.7. The van der Waals surface area contributed by atoms with E-state index in [4.69, 9.17) is 10.2 Å². The highest BCUT2D eigenvalue weighted by Gasteiger charge is 2.72. The summed E-state index contributed by atoms with van der Waals surface area (Å²) in [7, 11) is 0. The van der Waals surface area contributed by atoms with Crippen LogP contribution in [0.4, 0.5) is 26.3 Å². The maximum Gasteiger partial charge on any atom is 0.430 e. The summed E-state index contributed by atoms with van der Waals surface area (Å²) in [4.78, 5) is 10.7. The van der Waals surface area contributed by atoms with Gasteiger partial charge in [0.15, 0.2) is 0 Å². The zero-order valence-corrected chi connectivity index (χ0v) is 8.88. The highest BCUT2D eigenvalue weighted by Crippen LogP contribution is 2.50. The molecule has 0 bridgehead atoms. The van der Waals surface area contributed by atoms with Crippen molar-refractivity contribution in [2.24, 2.45) is 0 Å². The number of carboxylic acid groups (broad SMARTS) is 1. The van der Waals surface area contributed by atoms with Crippen LogP contribution in [-0.2, 0) is 5.60 Å². The van der Waals surface area contributed by atoms with E-state index in [9.17, 15) is 31.1 Å². The fourth-order valence-corrected chi connectivity index (χ4v) is 1.45. The predicted octanol–water partition coefficient (Wildman–Crippen LogP) is 2.70. The van der Waals surface area contributed by atoms with E-state index >= 15 is 0 Å². The van der Waals surface area contributed by atoms with Crippen LogP contribution in [0.2, 0.25) is 0 Å². The van der Waals surface area contributed by atoms with Gasteiger partial charge in [-0.15, -0.1) is 0 Å². The zero-order chi connectivity index (χ0) is 15.1. The van der Waals surface area contributed by atoms with Crippen LogP contribution in [0, 0.1) is 0 Å². The minimum Gasteiger partial charge on any atom is -0.478 e. The summed E-state index contributed by atoms with van der Waals surface area (Å²) in [6.07, 6.45) is -12.2. The SMILES string of the molecule is O=C(O)c1ccccc1C(O)(C(F)(F)F)C(F)(F)F. The van der Waals surface area contributed by atoms with E-state index in [2.05, 4.69) is 0 Å². The minimum absolute atomic E-state index is 0.268. The lowest BCUT2D eigenvalue weighted by atomic mass is 9.88. The molecule has 0 unspecified atom stereocenters. The van der Waals surface area contributed by atoms with Gasteiger partial charge >= 0.3 is 18.3 Å². The van der Waals surface area contributed by atoms with Crippen LogP contribution < -0.4 is 0 Å². The third kappa shape index (κ3) is 2.37. The molecule has 0 fully saturated rings. The monoisotopic (exact) mass is 288 g/mol. The van der Waals surface area contributed by atoms with Crippen molar-refractivity contribution >= 4 is 5.97 Å². The molecule has 0 aliphatic heterocycles. The Labute approximate surface area is 102 Å². The topological polar surface area (TPSA) is 57.5 Å². The summed E-state index contributed by atoms with van der Waals surface area (Å²) in [5.74, 6) is -2.01. The van der Waals surface area contributed by atoms with Gasteiger partial charge in [0.25, 0.3) is 5.60 Å². The molecule has 0 aliphatic rings. The fourth-order valence-electron chi connectivity index (χ4n) is 1.45. The number of halogens is 6. The molecule has 0 radical (unpaired) electrons. The standard InChI is InChI=1S/C10H6F6O3/c11-9(12,13)8(19,10(14,15)16)6-4-2-1-3-5(6)7(17)18/h1-4,19H,(H,17,18). The van der Waals surface area contributed by atoms with Gasteiger partial charge in [-0.3, -0.25) is 0 Å². The number of hydrogen-bond acceptors (Lipinski definition) is 2. The summed E-state index contributed by atoms with van der Waals surface area (Å²) in [5.41, 5.74) is -8.29. The van der Waals surface area contributed by atoms with Gasteiger partial charge in [0, 0.05) is 5.56 Å². The number of aliphatic hydroxyl groups is 1. The van der Waals surface area contributed by atoms with Crippen molar-refractivity contribution in [2.75, 3.05) is 0 Å². The second kappa shape index (κ2) is 4.41. The van der Waals surface area contributed by atoms with E-state index in [1.807, 2.05) is 0 Å². The first-order valence-electron chi connectivity index (χ1n) is 4.61. The molecule has 0 heterocycles. The second-order valence-corrected chi connectivity index (χ2v) is 3.56. The van der Waals surface area contributed by atoms with Gasteiger partial charge in [-0.25, -0.2) is 4.79 Å². The fraction of sp³-hybridized carbons (Fsp3) is 0.300. The Morgan fingerprint density at radius 3 is 1.74 bits per heavy atom. The molecular weight excluding hydrogens is 282 g/mol.